The molecule has 5 rings (SSSR count). The number of nitrogen functional groups attached to an aromatic ring is 1. The number of aromatic nitrogens is 4. The maximum absolute atomic E-state index is 15.1. The zero-order valence-electron chi connectivity index (χ0n) is 21.4. The van der Waals surface area contributed by atoms with E-state index in [1.54, 1.807) is 35.0 Å². The van der Waals surface area contributed by atoms with E-state index >= 15 is 4.39 Å². The highest BCUT2D eigenvalue weighted by molar-refractivity contribution is 5.98. The van der Waals surface area contributed by atoms with Crippen LogP contribution in [0.5, 0.6) is 11.5 Å². The molecular weight excluding hydrogens is 485 g/mol. The number of likely N-dealkylation sites (tertiary alicyclic amines) is 1. The Kier molecular flexibility index (Phi) is 7.32. The average Bonchev–Trinajstić information content (AvgIpc) is 3.31. The normalized spacial score (nSPS) is 16.0. The lowest BCUT2D eigenvalue weighted by Gasteiger charge is -2.32. The highest BCUT2D eigenvalue weighted by Crippen LogP contribution is 2.36. The zero-order chi connectivity index (χ0) is 26.6. The van der Waals surface area contributed by atoms with Crippen LogP contribution in [-0.2, 0) is 4.79 Å². The number of fused-ring (bicyclic) bond motifs is 1. The molecule has 1 saturated heterocycles. The van der Waals surface area contributed by atoms with Gasteiger partial charge in [0, 0.05) is 31.3 Å². The molecule has 1 fully saturated rings. The second-order valence-electron chi connectivity index (χ2n) is 9.56. The molecule has 10 heteroatoms. The van der Waals surface area contributed by atoms with Crippen LogP contribution in [0.25, 0.3) is 22.3 Å². The Morgan fingerprint density at radius 2 is 2.03 bits per heavy atom. The van der Waals surface area contributed by atoms with E-state index in [0.717, 1.165) is 12.8 Å². The fourth-order valence-electron chi connectivity index (χ4n) is 4.62. The first-order chi connectivity index (χ1) is 18.4. The maximum atomic E-state index is 15.1. The van der Waals surface area contributed by atoms with Gasteiger partial charge in [-0.3, -0.25) is 4.79 Å². The SMILES string of the molecule is CN(C)C/C=C/C(=O)N1CCC[C@H](n2nc(-c3ccc(Oc4ccccc4)c(F)c3)c3c(N)ncnc32)C1. The number of nitrogens with zero attached hydrogens (tertiary/aromatic N) is 6. The van der Waals surface area contributed by atoms with Gasteiger partial charge in [0.1, 0.15) is 23.6 Å². The first-order valence-electron chi connectivity index (χ1n) is 12.5. The predicted octanol–water partition coefficient (Wildman–Crippen LogP) is 4.29. The van der Waals surface area contributed by atoms with Crippen LogP contribution in [0.2, 0.25) is 0 Å². The summed E-state index contributed by atoms with van der Waals surface area (Å²) in [6, 6.07) is 13.6. The standard InChI is InChI=1S/C28H30FN7O2/c1-34(2)14-7-11-24(37)35-15-6-8-20(17-35)36-28-25(27(30)31-18-32-28)26(33-36)19-12-13-23(22(29)16-19)38-21-9-4-3-5-10-21/h3-5,7,9-13,16,18,20H,6,8,14-15,17H2,1-2H3,(H2,30,31,32)/b11-7+/t20-/m0/s1. The number of carbonyl (C=O) groups is 1. The molecule has 0 spiro atoms. The molecule has 2 N–H and O–H groups in total. The number of ether oxygens (including phenoxy) is 1. The summed E-state index contributed by atoms with van der Waals surface area (Å²) in [6.45, 7) is 1.86. The van der Waals surface area contributed by atoms with Gasteiger partial charge in [0.25, 0.3) is 0 Å². The summed E-state index contributed by atoms with van der Waals surface area (Å²) in [5, 5.41) is 5.40. The highest BCUT2D eigenvalue weighted by Gasteiger charge is 2.28. The molecule has 1 amide bonds. The van der Waals surface area contributed by atoms with E-state index in [1.807, 2.05) is 48.2 Å². The molecular formula is C28H30FN7O2. The van der Waals surface area contributed by atoms with Crippen molar-refractivity contribution < 1.29 is 13.9 Å². The number of rotatable bonds is 7. The van der Waals surface area contributed by atoms with Crippen molar-refractivity contribution in [1.82, 2.24) is 29.5 Å². The maximum Gasteiger partial charge on any atom is 0.246 e. The molecule has 9 nitrogen and oxygen atoms in total. The van der Waals surface area contributed by atoms with Crippen molar-refractivity contribution in [1.29, 1.82) is 0 Å². The minimum Gasteiger partial charge on any atom is -0.454 e. The number of para-hydroxylation sites is 1. The van der Waals surface area contributed by atoms with Gasteiger partial charge in [-0.2, -0.15) is 5.10 Å². The third kappa shape index (κ3) is 5.35. The van der Waals surface area contributed by atoms with Gasteiger partial charge in [0.05, 0.1) is 11.4 Å². The second-order valence-corrected chi connectivity index (χ2v) is 9.56. The third-order valence-corrected chi connectivity index (χ3v) is 6.48. The predicted molar refractivity (Wildman–Crippen MR) is 144 cm³/mol. The van der Waals surface area contributed by atoms with Crippen molar-refractivity contribution in [2.75, 3.05) is 39.5 Å². The van der Waals surface area contributed by atoms with Crippen molar-refractivity contribution in [3.05, 3.63) is 72.8 Å². The average molecular weight is 516 g/mol. The van der Waals surface area contributed by atoms with Crippen molar-refractivity contribution >= 4 is 22.8 Å². The Hall–Kier alpha value is -4.31. The number of nitrogens with two attached hydrogens (primary N) is 1. The van der Waals surface area contributed by atoms with Crippen LogP contribution in [0.15, 0.2) is 67.0 Å². The molecule has 196 valence electrons. The number of hydrogen-bond donors (Lipinski definition) is 1. The molecule has 0 radical (unpaired) electrons. The Morgan fingerprint density at radius 1 is 1.21 bits per heavy atom. The number of hydrogen-bond acceptors (Lipinski definition) is 7. The van der Waals surface area contributed by atoms with E-state index in [-0.39, 0.29) is 23.5 Å². The lowest BCUT2D eigenvalue weighted by Crippen LogP contribution is -2.40. The molecule has 1 aliphatic rings. The molecule has 0 bridgehead atoms. The van der Waals surface area contributed by atoms with Crippen molar-refractivity contribution in [3.8, 4) is 22.8 Å². The van der Waals surface area contributed by atoms with Crippen LogP contribution in [-0.4, -0.2) is 69.2 Å². The fourth-order valence-corrected chi connectivity index (χ4v) is 4.62. The van der Waals surface area contributed by atoms with Crippen molar-refractivity contribution in [2.24, 2.45) is 0 Å². The molecule has 3 heterocycles. The number of amides is 1. The Bertz CT molecular complexity index is 1470. The largest absolute Gasteiger partial charge is 0.454 e. The number of halogens is 1. The zero-order valence-corrected chi connectivity index (χ0v) is 21.4. The molecule has 2 aromatic heterocycles. The van der Waals surface area contributed by atoms with Crippen LogP contribution >= 0.6 is 0 Å². The minimum absolute atomic E-state index is 0.0292. The number of piperidine rings is 1. The van der Waals surface area contributed by atoms with Crippen molar-refractivity contribution in [3.63, 3.8) is 0 Å². The summed E-state index contributed by atoms with van der Waals surface area (Å²) >= 11 is 0. The fraction of sp³-hybridized carbons (Fsp3) is 0.286. The van der Waals surface area contributed by atoms with Gasteiger partial charge in [-0.25, -0.2) is 19.0 Å². The first-order valence-corrected chi connectivity index (χ1v) is 12.5. The monoisotopic (exact) mass is 515 g/mol. The summed E-state index contributed by atoms with van der Waals surface area (Å²) in [5.41, 5.74) is 7.83. The number of benzene rings is 2. The van der Waals surface area contributed by atoms with Gasteiger partial charge in [-0.05, 0) is 57.3 Å². The van der Waals surface area contributed by atoms with Crippen molar-refractivity contribution in [2.45, 2.75) is 18.9 Å². The first kappa shape index (κ1) is 25.3. The summed E-state index contributed by atoms with van der Waals surface area (Å²) in [4.78, 5) is 25.2. The smallest absolute Gasteiger partial charge is 0.246 e. The van der Waals surface area contributed by atoms with E-state index in [9.17, 15) is 4.79 Å². The lowest BCUT2D eigenvalue weighted by atomic mass is 10.1. The topological polar surface area (TPSA) is 102 Å². The summed E-state index contributed by atoms with van der Waals surface area (Å²) in [7, 11) is 3.91. The molecule has 1 aliphatic heterocycles. The Morgan fingerprint density at radius 3 is 2.79 bits per heavy atom. The van der Waals surface area contributed by atoms with Crippen LogP contribution < -0.4 is 10.5 Å². The van der Waals surface area contributed by atoms with E-state index in [2.05, 4.69) is 9.97 Å². The van der Waals surface area contributed by atoms with Gasteiger partial charge in [-0.15, -0.1) is 0 Å². The summed E-state index contributed by atoms with van der Waals surface area (Å²) in [5.74, 6) is 0.356. The summed E-state index contributed by atoms with van der Waals surface area (Å²) in [6.07, 6.45) is 6.53. The number of carbonyl (C=O) groups excluding carboxylic acids is 1. The molecule has 0 saturated carbocycles. The second kappa shape index (κ2) is 11.0. The van der Waals surface area contributed by atoms with Gasteiger partial charge in [-0.1, -0.05) is 24.3 Å². The van der Waals surface area contributed by atoms with Gasteiger partial charge in [0.2, 0.25) is 5.91 Å². The Balaban J connectivity index is 1.45. The molecule has 0 unspecified atom stereocenters. The number of likely N-dealkylation sites (N-methyl/N-ethyl adjacent to an activating group) is 1. The van der Waals surface area contributed by atoms with Gasteiger partial charge in [0.15, 0.2) is 17.2 Å². The molecule has 1 atom stereocenters. The van der Waals surface area contributed by atoms with E-state index in [4.69, 9.17) is 15.6 Å². The van der Waals surface area contributed by atoms with E-state index in [0.29, 0.717) is 47.7 Å². The molecule has 4 aromatic rings. The number of anilines is 1. The van der Waals surface area contributed by atoms with Crippen LogP contribution in [0.3, 0.4) is 0 Å². The highest BCUT2D eigenvalue weighted by atomic mass is 19.1. The molecule has 2 aromatic carbocycles. The molecule has 0 aliphatic carbocycles. The van der Waals surface area contributed by atoms with Crippen LogP contribution in [0.4, 0.5) is 10.2 Å². The third-order valence-electron chi connectivity index (χ3n) is 6.48. The lowest BCUT2D eigenvalue weighted by molar-refractivity contribution is -0.127. The van der Waals surface area contributed by atoms with Crippen LogP contribution in [0.1, 0.15) is 18.9 Å². The molecule has 38 heavy (non-hydrogen) atoms. The van der Waals surface area contributed by atoms with Crippen LogP contribution in [0, 0.1) is 5.82 Å². The minimum atomic E-state index is -0.525. The van der Waals surface area contributed by atoms with E-state index < -0.39 is 5.82 Å². The van der Waals surface area contributed by atoms with Gasteiger partial charge >= 0.3 is 0 Å². The Labute approximate surface area is 220 Å². The quantitative estimate of drug-likeness (QED) is 0.366. The summed E-state index contributed by atoms with van der Waals surface area (Å²) < 4.78 is 22.6. The van der Waals surface area contributed by atoms with E-state index in [1.165, 1.54) is 12.4 Å². The van der Waals surface area contributed by atoms with Gasteiger partial charge < -0.3 is 20.3 Å².